The predicted molar refractivity (Wildman–Crippen MR) is 91.0 cm³/mol. The standard InChI is InChI=1S/C14H17BrN2O2S2/c1-9-4-12(6-13(16)10(9)2)21(18,19)17(3)7-11-5-14(15)20-8-11/h4-6,8H,7,16H2,1-3H3. The first-order chi connectivity index (χ1) is 9.71. The lowest BCUT2D eigenvalue weighted by Crippen LogP contribution is -2.26. The molecule has 2 N–H and O–H groups in total. The van der Waals surface area contributed by atoms with Gasteiger partial charge in [0.25, 0.3) is 0 Å². The number of aryl methyl sites for hydroxylation is 1. The van der Waals surface area contributed by atoms with E-state index in [1.807, 2.05) is 25.3 Å². The van der Waals surface area contributed by atoms with E-state index in [1.54, 1.807) is 13.1 Å². The van der Waals surface area contributed by atoms with Crippen LogP contribution in [0.4, 0.5) is 5.69 Å². The van der Waals surface area contributed by atoms with E-state index in [9.17, 15) is 8.42 Å². The first kappa shape index (κ1) is 16.5. The number of nitrogens with two attached hydrogens (primary N) is 1. The topological polar surface area (TPSA) is 63.4 Å². The molecular formula is C14H17BrN2O2S2. The molecule has 2 aromatic rings. The third-order valence-electron chi connectivity index (χ3n) is 3.42. The SMILES string of the molecule is Cc1cc(S(=O)(=O)N(C)Cc2csc(Br)c2)cc(N)c1C. The molecule has 0 atom stereocenters. The molecule has 0 bridgehead atoms. The third-order valence-corrected chi connectivity index (χ3v) is 6.75. The van der Waals surface area contributed by atoms with Crippen LogP contribution in [0.3, 0.4) is 0 Å². The van der Waals surface area contributed by atoms with E-state index in [0.717, 1.165) is 20.5 Å². The largest absolute Gasteiger partial charge is 0.398 e. The number of halogens is 1. The lowest BCUT2D eigenvalue weighted by atomic mass is 10.1. The highest BCUT2D eigenvalue weighted by Crippen LogP contribution is 2.26. The van der Waals surface area contributed by atoms with Crippen LogP contribution < -0.4 is 5.73 Å². The predicted octanol–water partition coefficient (Wildman–Crippen LogP) is 3.53. The molecule has 21 heavy (non-hydrogen) atoms. The van der Waals surface area contributed by atoms with Crippen molar-refractivity contribution in [2.45, 2.75) is 25.3 Å². The van der Waals surface area contributed by atoms with Gasteiger partial charge in [-0.1, -0.05) is 0 Å². The van der Waals surface area contributed by atoms with Crippen molar-refractivity contribution in [2.24, 2.45) is 0 Å². The van der Waals surface area contributed by atoms with E-state index >= 15 is 0 Å². The Balaban J connectivity index is 2.33. The summed E-state index contributed by atoms with van der Waals surface area (Å²) in [6.45, 7) is 4.08. The van der Waals surface area contributed by atoms with E-state index in [0.29, 0.717) is 12.2 Å². The summed E-state index contributed by atoms with van der Waals surface area (Å²) in [6.07, 6.45) is 0. The van der Waals surface area contributed by atoms with Crippen LogP contribution in [0.2, 0.25) is 0 Å². The number of hydrogen-bond donors (Lipinski definition) is 1. The van der Waals surface area contributed by atoms with E-state index < -0.39 is 10.0 Å². The fourth-order valence-electron chi connectivity index (χ4n) is 1.95. The van der Waals surface area contributed by atoms with Crippen LogP contribution >= 0.6 is 27.3 Å². The number of anilines is 1. The minimum atomic E-state index is -3.55. The summed E-state index contributed by atoms with van der Waals surface area (Å²) in [4.78, 5) is 0.236. The highest BCUT2D eigenvalue weighted by molar-refractivity contribution is 9.11. The van der Waals surface area contributed by atoms with Crippen LogP contribution in [0.25, 0.3) is 0 Å². The van der Waals surface area contributed by atoms with Crippen molar-refractivity contribution in [3.63, 3.8) is 0 Å². The van der Waals surface area contributed by atoms with Crippen LogP contribution in [-0.2, 0) is 16.6 Å². The zero-order valence-electron chi connectivity index (χ0n) is 12.1. The van der Waals surface area contributed by atoms with E-state index in [-0.39, 0.29) is 4.90 Å². The molecule has 0 aliphatic heterocycles. The molecule has 1 aromatic heterocycles. The number of hydrogen-bond acceptors (Lipinski definition) is 4. The molecule has 7 heteroatoms. The Bertz CT molecular complexity index is 746. The maximum absolute atomic E-state index is 12.6. The van der Waals surface area contributed by atoms with Crippen molar-refractivity contribution in [3.05, 3.63) is 44.1 Å². The molecule has 0 fully saturated rings. The average Bonchev–Trinajstić information content (AvgIpc) is 2.80. The summed E-state index contributed by atoms with van der Waals surface area (Å²) >= 11 is 4.91. The molecular weight excluding hydrogens is 372 g/mol. The highest BCUT2D eigenvalue weighted by Gasteiger charge is 2.22. The van der Waals surface area contributed by atoms with Crippen LogP contribution in [0.5, 0.6) is 0 Å². The molecule has 4 nitrogen and oxygen atoms in total. The summed E-state index contributed by atoms with van der Waals surface area (Å²) in [5.74, 6) is 0. The Morgan fingerprint density at radius 3 is 2.48 bits per heavy atom. The van der Waals surface area contributed by atoms with E-state index in [1.165, 1.54) is 21.7 Å². The minimum absolute atomic E-state index is 0.236. The van der Waals surface area contributed by atoms with Crippen LogP contribution in [-0.4, -0.2) is 19.8 Å². The van der Waals surface area contributed by atoms with Gasteiger partial charge in [-0.15, -0.1) is 11.3 Å². The van der Waals surface area contributed by atoms with Crippen molar-refractivity contribution < 1.29 is 8.42 Å². The molecule has 0 aliphatic rings. The maximum Gasteiger partial charge on any atom is 0.243 e. The highest BCUT2D eigenvalue weighted by atomic mass is 79.9. The van der Waals surface area contributed by atoms with Crippen LogP contribution in [0.1, 0.15) is 16.7 Å². The summed E-state index contributed by atoms with van der Waals surface area (Å²) in [7, 11) is -1.97. The summed E-state index contributed by atoms with van der Waals surface area (Å²) in [6, 6.07) is 5.12. The molecule has 1 heterocycles. The first-order valence-corrected chi connectivity index (χ1v) is 9.39. The Labute approximate surface area is 137 Å². The number of benzene rings is 1. The molecule has 0 radical (unpaired) electrons. The van der Waals surface area contributed by atoms with E-state index in [4.69, 9.17) is 5.73 Å². The Kier molecular flexibility index (Phi) is 4.77. The van der Waals surface area contributed by atoms with Gasteiger partial charge in [0.15, 0.2) is 0 Å². The van der Waals surface area contributed by atoms with Crippen molar-refractivity contribution in [3.8, 4) is 0 Å². The quantitative estimate of drug-likeness (QED) is 0.814. The first-order valence-electron chi connectivity index (χ1n) is 6.28. The van der Waals surface area contributed by atoms with Crippen molar-refractivity contribution in [1.29, 1.82) is 0 Å². The lowest BCUT2D eigenvalue weighted by Gasteiger charge is -2.18. The second-order valence-electron chi connectivity index (χ2n) is 4.97. The third kappa shape index (κ3) is 3.48. The zero-order chi connectivity index (χ0) is 15.8. The number of rotatable bonds is 4. The van der Waals surface area contributed by atoms with Gasteiger partial charge in [-0.05, 0) is 70.0 Å². The van der Waals surface area contributed by atoms with Gasteiger partial charge >= 0.3 is 0 Å². The van der Waals surface area contributed by atoms with Crippen molar-refractivity contribution in [1.82, 2.24) is 4.31 Å². The van der Waals surface area contributed by atoms with Crippen LogP contribution in [0, 0.1) is 13.8 Å². The summed E-state index contributed by atoms with van der Waals surface area (Å²) in [5, 5.41) is 1.94. The molecule has 0 spiro atoms. The van der Waals surface area contributed by atoms with Crippen molar-refractivity contribution >= 4 is 43.0 Å². The van der Waals surface area contributed by atoms with Crippen LogP contribution in [0.15, 0.2) is 32.3 Å². The molecule has 0 amide bonds. The molecule has 0 saturated carbocycles. The number of thiophene rings is 1. The van der Waals surface area contributed by atoms with Gasteiger partial charge in [0.1, 0.15) is 0 Å². The molecule has 1 aromatic carbocycles. The Morgan fingerprint density at radius 2 is 1.95 bits per heavy atom. The van der Waals surface area contributed by atoms with Gasteiger partial charge < -0.3 is 5.73 Å². The van der Waals surface area contributed by atoms with Gasteiger partial charge in [0.2, 0.25) is 10.0 Å². The number of nitrogen functional groups attached to an aromatic ring is 1. The van der Waals surface area contributed by atoms with Gasteiger partial charge in [0, 0.05) is 19.3 Å². The summed E-state index contributed by atoms with van der Waals surface area (Å²) in [5.41, 5.74) is 9.13. The molecule has 0 unspecified atom stereocenters. The van der Waals surface area contributed by atoms with Gasteiger partial charge in [-0.3, -0.25) is 0 Å². The Hall–Kier alpha value is -0.890. The van der Waals surface area contributed by atoms with E-state index in [2.05, 4.69) is 15.9 Å². The molecule has 2 rings (SSSR count). The smallest absolute Gasteiger partial charge is 0.243 e. The molecule has 0 saturated heterocycles. The molecule has 0 aliphatic carbocycles. The number of nitrogens with zero attached hydrogens (tertiary/aromatic N) is 1. The fraction of sp³-hybridized carbons (Fsp3) is 0.286. The minimum Gasteiger partial charge on any atom is -0.398 e. The monoisotopic (exact) mass is 388 g/mol. The second-order valence-corrected chi connectivity index (χ2v) is 9.31. The van der Waals surface area contributed by atoms with Crippen molar-refractivity contribution in [2.75, 3.05) is 12.8 Å². The normalized spacial score (nSPS) is 12.0. The second kappa shape index (κ2) is 6.08. The Morgan fingerprint density at radius 1 is 1.29 bits per heavy atom. The van der Waals surface area contributed by atoms with Gasteiger partial charge in [-0.2, -0.15) is 4.31 Å². The lowest BCUT2D eigenvalue weighted by molar-refractivity contribution is 0.467. The molecule has 114 valence electrons. The summed E-state index contributed by atoms with van der Waals surface area (Å²) < 4.78 is 27.6. The zero-order valence-corrected chi connectivity index (χ0v) is 15.3. The number of sulfonamides is 1. The van der Waals surface area contributed by atoms with Gasteiger partial charge in [-0.25, -0.2) is 8.42 Å². The van der Waals surface area contributed by atoms with Gasteiger partial charge in [0.05, 0.1) is 8.68 Å². The fourth-order valence-corrected chi connectivity index (χ4v) is 4.43. The maximum atomic E-state index is 12.6. The average molecular weight is 389 g/mol.